The smallest absolute Gasteiger partial charge is 0.319 e. The van der Waals surface area contributed by atoms with Gasteiger partial charge in [0.1, 0.15) is 0 Å². The average molecular weight is 351 g/mol. The van der Waals surface area contributed by atoms with Crippen LogP contribution in [-0.2, 0) is 10.0 Å². The van der Waals surface area contributed by atoms with Crippen LogP contribution in [0, 0.1) is 6.92 Å². The van der Waals surface area contributed by atoms with E-state index in [1.54, 1.807) is 25.5 Å². The molecule has 2 amide bonds. The zero-order chi connectivity index (χ0) is 17.7. The minimum Gasteiger partial charge on any atom is -0.338 e. The monoisotopic (exact) mass is 351 g/mol. The van der Waals surface area contributed by atoms with Gasteiger partial charge in [-0.15, -0.1) is 0 Å². The number of imidazole rings is 1. The molecule has 0 fully saturated rings. The van der Waals surface area contributed by atoms with E-state index in [-0.39, 0.29) is 10.9 Å². The Kier molecular flexibility index (Phi) is 5.58. The molecule has 2 rings (SSSR count). The number of nitrogens with zero attached hydrogens (tertiary/aromatic N) is 2. The second-order valence-electron chi connectivity index (χ2n) is 5.55. The Balaban J connectivity index is 1.90. The van der Waals surface area contributed by atoms with Crippen molar-refractivity contribution in [3.05, 3.63) is 42.5 Å². The molecule has 0 saturated heterocycles. The number of hydrogen-bond donors (Lipinski definition) is 3. The third-order valence-electron chi connectivity index (χ3n) is 3.67. The fourth-order valence-electron chi connectivity index (χ4n) is 2.15. The van der Waals surface area contributed by atoms with Gasteiger partial charge in [0, 0.05) is 30.7 Å². The average Bonchev–Trinajstić information content (AvgIpc) is 3.02. The predicted octanol–water partition coefficient (Wildman–Crippen LogP) is 1.61. The molecule has 4 N–H and O–H groups in total. The van der Waals surface area contributed by atoms with Gasteiger partial charge in [0.2, 0.25) is 10.0 Å². The lowest BCUT2D eigenvalue weighted by Crippen LogP contribution is -2.31. The maximum Gasteiger partial charge on any atom is 0.319 e. The highest BCUT2D eigenvalue weighted by Gasteiger charge is 2.12. The molecular formula is C15H21N5O3S. The molecule has 9 heteroatoms. The van der Waals surface area contributed by atoms with Crippen LogP contribution in [0.25, 0.3) is 0 Å². The number of primary sulfonamides is 1. The number of rotatable bonds is 6. The first-order valence-corrected chi connectivity index (χ1v) is 8.98. The minimum absolute atomic E-state index is 0.0443. The molecule has 1 aromatic heterocycles. The van der Waals surface area contributed by atoms with E-state index >= 15 is 0 Å². The number of amides is 2. The van der Waals surface area contributed by atoms with E-state index in [0.29, 0.717) is 12.2 Å². The molecule has 0 saturated carbocycles. The molecule has 0 unspecified atom stereocenters. The number of aryl methyl sites for hydroxylation is 1. The Morgan fingerprint density at radius 3 is 2.79 bits per heavy atom. The molecule has 1 heterocycles. The number of carbonyl (C=O) groups excluding carboxylic acids is 1. The van der Waals surface area contributed by atoms with Gasteiger partial charge >= 0.3 is 6.03 Å². The predicted molar refractivity (Wildman–Crippen MR) is 91.1 cm³/mol. The summed E-state index contributed by atoms with van der Waals surface area (Å²) < 4.78 is 24.7. The number of nitrogens with one attached hydrogen (secondary N) is 2. The van der Waals surface area contributed by atoms with Crippen LogP contribution in [0.5, 0.6) is 0 Å². The fourth-order valence-corrected chi connectivity index (χ4v) is 2.69. The van der Waals surface area contributed by atoms with E-state index < -0.39 is 16.1 Å². The third kappa shape index (κ3) is 4.80. The molecule has 0 bridgehead atoms. The van der Waals surface area contributed by atoms with Crippen LogP contribution in [-0.4, -0.2) is 30.5 Å². The Labute approximate surface area is 141 Å². The van der Waals surface area contributed by atoms with Crippen molar-refractivity contribution >= 4 is 21.7 Å². The standard InChI is InChI=1S/C15H21N5O3S/c1-11-3-4-13(24(16,22)23)9-14(11)19-15(21)18-6-5-12(2)20-8-7-17-10-20/h3-4,7-10,12H,5-6H2,1-2H3,(H2,16,22,23)(H2,18,19,21)/t12-/m0/s1. The third-order valence-corrected chi connectivity index (χ3v) is 4.58. The summed E-state index contributed by atoms with van der Waals surface area (Å²) in [7, 11) is -3.81. The van der Waals surface area contributed by atoms with Crippen molar-refractivity contribution in [2.75, 3.05) is 11.9 Å². The Hall–Kier alpha value is -2.39. The lowest BCUT2D eigenvalue weighted by atomic mass is 10.2. The number of hydrogen-bond acceptors (Lipinski definition) is 4. The summed E-state index contributed by atoms with van der Waals surface area (Å²) in [4.78, 5) is 15.9. The van der Waals surface area contributed by atoms with Crippen molar-refractivity contribution in [2.45, 2.75) is 31.2 Å². The van der Waals surface area contributed by atoms with E-state index in [4.69, 9.17) is 5.14 Å². The van der Waals surface area contributed by atoms with E-state index in [1.807, 2.05) is 17.7 Å². The van der Waals surface area contributed by atoms with E-state index in [0.717, 1.165) is 12.0 Å². The zero-order valence-corrected chi connectivity index (χ0v) is 14.4. The topological polar surface area (TPSA) is 119 Å². The van der Waals surface area contributed by atoms with Gasteiger partial charge in [-0.2, -0.15) is 0 Å². The van der Waals surface area contributed by atoms with Gasteiger partial charge in [-0.05, 0) is 38.0 Å². The number of benzene rings is 1. The molecule has 130 valence electrons. The van der Waals surface area contributed by atoms with Crippen LogP contribution in [0.4, 0.5) is 10.5 Å². The summed E-state index contributed by atoms with van der Waals surface area (Å²) in [5.41, 5.74) is 1.14. The Morgan fingerprint density at radius 2 is 2.17 bits per heavy atom. The maximum absolute atomic E-state index is 12.0. The quantitative estimate of drug-likeness (QED) is 0.732. The van der Waals surface area contributed by atoms with E-state index in [9.17, 15) is 13.2 Å². The van der Waals surface area contributed by atoms with Crippen LogP contribution >= 0.6 is 0 Å². The van der Waals surface area contributed by atoms with Crippen molar-refractivity contribution in [1.29, 1.82) is 0 Å². The number of nitrogens with two attached hydrogens (primary N) is 1. The van der Waals surface area contributed by atoms with Gasteiger partial charge in [0.05, 0.1) is 11.2 Å². The largest absolute Gasteiger partial charge is 0.338 e. The Bertz CT molecular complexity index is 803. The lowest BCUT2D eigenvalue weighted by molar-refractivity contribution is 0.251. The second kappa shape index (κ2) is 7.45. The number of anilines is 1. The highest BCUT2D eigenvalue weighted by atomic mass is 32.2. The summed E-state index contributed by atoms with van der Waals surface area (Å²) in [6.45, 7) is 4.27. The summed E-state index contributed by atoms with van der Waals surface area (Å²) >= 11 is 0. The molecule has 0 radical (unpaired) electrons. The minimum atomic E-state index is -3.81. The van der Waals surface area contributed by atoms with Crippen LogP contribution < -0.4 is 15.8 Å². The van der Waals surface area contributed by atoms with Gasteiger partial charge in [0.15, 0.2) is 0 Å². The molecule has 1 aromatic carbocycles. The number of urea groups is 1. The van der Waals surface area contributed by atoms with Crippen molar-refractivity contribution in [1.82, 2.24) is 14.9 Å². The summed E-state index contributed by atoms with van der Waals surface area (Å²) in [5.74, 6) is 0. The van der Waals surface area contributed by atoms with Crippen LogP contribution in [0.2, 0.25) is 0 Å². The molecule has 0 aliphatic carbocycles. The first-order valence-electron chi connectivity index (χ1n) is 7.43. The zero-order valence-electron chi connectivity index (χ0n) is 13.6. The maximum atomic E-state index is 12.0. The SMILES string of the molecule is Cc1ccc(S(N)(=O)=O)cc1NC(=O)NCC[C@H](C)n1ccnc1. The summed E-state index contributed by atoms with van der Waals surface area (Å²) in [6.07, 6.45) is 6.04. The van der Waals surface area contributed by atoms with Crippen LogP contribution in [0.3, 0.4) is 0 Å². The van der Waals surface area contributed by atoms with E-state index in [1.165, 1.54) is 12.1 Å². The first kappa shape index (κ1) is 18.0. The van der Waals surface area contributed by atoms with Crippen LogP contribution in [0.1, 0.15) is 24.9 Å². The van der Waals surface area contributed by atoms with Crippen molar-refractivity contribution in [2.24, 2.45) is 5.14 Å². The number of sulfonamides is 1. The van der Waals surface area contributed by atoms with E-state index in [2.05, 4.69) is 15.6 Å². The highest BCUT2D eigenvalue weighted by molar-refractivity contribution is 7.89. The van der Waals surface area contributed by atoms with Gasteiger partial charge in [-0.1, -0.05) is 6.07 Å². The first-order chi connectivity index (χ1) is 11.3. The fraction of sp³-hybridized carbons (Fsp3) is 0.333. The molecule has 2 aromatic rings. The Morgan fingerprint density at radius 1 is 1.42 bits per heavy atom. The molecule has 0 spiro atoms. The number of aromatic nitrogens is 2. The normalized spacial score (nSPS) is 12.6. The van der Waals surface area contributed by atoms with Gasteiger partial charge in [0.25, 0.3) is 0 Å². The molecule has 1 atom stereocenters. The van der Waals surface area contributed by atoms with Crippen LogP contribution in [0.15, 0.2) is 41.8 Å². The second-order valence-corrected chi connectivity index (χ2v) is 7.11. The molecular weight excluding hydrogens is 330 g/mol. The van der Waals surface area contributed by atoms with Crippen molar-refractivity contribution < 1.29 is 13.2 Å². The van der Waals surface area contributed by atoms with Gasteiger partial charge in [-0.25, -0.2) is 23.3 Å². The van der Waals surface area contributed by atoms with Gasteiger partial charge in [-0.3, -0.25) is 0 Å². The summed E-state index contributed by atoms with van der Waals surface area (Å²) in [6, 6.07) is 4.15. The summed E-state index contributed by atoms with van der Waals surface area (Å²) in [5, 5.41) is 10.5. The number of carbonyl (C=O) groups is 1. The van der Waals surface area contributed by atoms with Gasteiger partial charge < -0.3 is 15.2 Å². The highest BCUT2D eigenvalue weighted by Crippen LogP contribution is 2.19. The van der Waals surface area contributed by atoms with Crippen molar-refractivity contribution in [3.63, 3.8) is 0 Å². The molecule has 0 aliphatic heterocycles. The molecule has 0 aliphatic rings. The molecule has 24 heavy (non-hydrogen) atoms. The molecule has 8 nitrogen and oxygen atoms in total. The lowest BCUT2D eigenvalue weighted by Gasteiger charge is -2.14. The van der Waals surface area contributed by atoms with Crippen molar-refractivity contribution in [3.8, 4) is 0 Å².